The topological polar surface area (TPSA) is 91.3 Å². The van der Waals surface area contributed by atoms with Crippen molar-refractivity contribution in [2.75, 3.05) is 30.9 Å². The summed E-state index contributed by atoms with van der Waals surface area (Å²) in [6.07, 6.45) is 0. The fraction of sp³-hybridized carbons (Fsp3) is 0.200. The molecule has 0 radical (unpaired) electrons. The molecule has 0 spiro atoms. The average Bonchev–Trinajstić information content (AvgIpc) is 3.45. The number of rotatable bonds is 7. The van der Waals surface area contributed by atoms with Crippen LogP contribution < -0.4 is 10.2 Å². The van der Waals surface area contributed by atoms with Crippen LogP contribution in [-0.2, 0) is 16.1 Å². The molecule has 10 heteroatoms. The van der Waals surface area contributed by atoms with Crippen molar-refractivity contribution in [2.45, 2.75) is 25.3 Å². The Morgan fingerprint density at radius 1 is 1.00 bits per heavy atom. The molecule has 5 rings (SSSR count). The number of methoxy groups -OCH3 is 1. The van der Waals surface area contributed by atoms with Gasteiger partial charge in [-0.15, -0.1) is 0 Å². The molecule has 40 heavy (non-hydrogen) atoms. The van der Waals surface area contributed by atoms with Gasteiger partial charge in [-0.25, -0.2) is 9.79 Å². The first kappa shape index (κ1) is 27.5. The molecule has 1 N–H and O–H groups in total. The molecule has 0 atom stereocenters. The van der Waals surface area contributed by atoms with Crippen LogP contribution in [0.15, 0.2) is 86.6 Å². The lowest BCUT2D eigenvalue weighted by atomic mass is 10.1. The minimum absolute atomic E-state index is 0.0632. The number of aliphatic imine (C=N–C) groups is 1. The van der Waals surface area contributed by atoms with E-state index in [9.17, 15) is 14.4 Å². The number of ketones is 1. The van der Waals surface area contributed by atoms with Crippen molar-refractivity contribution in [1.29, 1.82) is 0 Å². The van der Waals surface area contributed by atoms with Gasteiger partial charge in [-0.1, -0.05) is 36.0 Å². The van der Waals surface area contributed by atoms with Crippen molar-refractivity contribution < 1.29 is 19.1 Å². The van der Waals surface area contributed by atoms with E-state index >= 15 is 0 Å². The van der Waals surface area contributed by atoms with E-state index in [1.807, 2.05) is 49.2 Å². The second-order valence-electron chi connectivity index (χ2n) is 9.16. The van der Waals surface area contributed by atoms with Gasteiger partial charge in [-0.2, -0.15) is 0 Å². The first-order chi connectivity index (χ1) is 19.3. The minimum atomic E-state index is -0.421. The molecule has 8 nitrogen and oxygen atoms in total. The molecule has 0 saturated carbocycles. The number of Topliss-reactive ketones (excluding diaryl/α,β-unsaturated/α-hetero) is 1. The van der Waals surface area contributed by atoms with Crippen LogP contribution in [0.3, 0.4) is 0 Å². The van der Waals surface area contributed by atoms with Gasteiger partial charge in [0, 0.05) is 24.1 Å². The highest BCUT2D eigenvalue weighted by atomic mass is 32.2. The molecule has 3 aromatic carbocycles. The highest BCUT2D eigenvalue weighted by molar-refractivity contribution is 8.19. The maximum Gasteiger partial charge on any atom is 0.337 e. The van der Waals surface area contributed by atoms with Gasteiger partial charge in [0.05, 0.1) is 41.3 Å². The molecule has 2 aliphatic rings. The van der Waals surface area contributed by atoms with Gasteiger partial charge >= 0.3 is 5.97 Å². The minimum Gasteiger partial charge on any atom is -0.465 e. The van der Waals surface area contributed by atoms with Crippen LogP contribution in [0.5, 0.6) is 0 Å². The predicted molar refractivity (Wildman–Crippen MR) is 161 cm³/mol. The predicted octanol–water partition coefficient (Wildman–Crippen LogP) is 6.28. The maximum absolute atomic E-state index is 14.0. The molecule has 2 heterocycles. The van der Waals surface area contributed by atoms with Crippen LogP contribution in [0.2, 0.25) is 0 Å². The summed E-state index contributed by atoms with van der Waals surface area (Å²) < 4.78 is 4.81. The van der Waals surface area contributed by atoms with E-state index in [1.165, 1.54) is 25.8 Å². The van der Waals surface area contributed by atoms with Gasteiger partial charge in [0.25, 0.3) is 5.91 Å². The van der Waals surface area contributed by atoms with Crippen molar-refractivity contribution in [3.63, 3.8) is 0 Å². The summed E-state index contributed by atoms with van der Waals surface area (Å²) in [6, 6.07) is 20.4. The summed E-state index contributed by atoms with van der Waals surface area (Å²) in [4.78, 5) is 48.3. The number of amidine groups is 1. The molecule has 1 amide bonds. The molecular weight excluding hydrogens is 544 g/mol. The summed E-state index contributed by atoms with van der Waals surface area (Å²) in [6.45, 7) is 4.44. The molecule has 0 unspecified atom stereocenters. The second kappa shape index (κ2) is 11.6. The summed E-state index contributed by atoms with van der Waals surface area (Å²) in [5, 5.41) is 4.65. The van der Waals surface area contributed by atoms with Crippen LogP contribution in [0, 0.1) is 0 Å². The number of nitrogens with one attached hydrogen (secondary N) is 1. The van der Waals surface area contributed by atoms with Crippen LogP contribution in [-0.4, -0.2) is 48.4 Å². The number of ether oxygens (including phenoxy) is 1. The van der Waals surface area contributed by atoms with E-state index < -0.39 is 5.97 Å². The van der Waals surface area contributed by atoms with Crippen LogP contribution in [0.4, 0.5) is 17.1 Å². The fourth-order valence-corrected chi connectivity index (χ4v) is 6.73. The molecular formula is C30H28N4O4S2. The summed E-state index contributed by atoms with van der Waals surface area (Å²) in [7, 11) is 3.30. The number of hydrogen-bond donors (Lipinski definition) is 1. The Balaban J connectivity index is 1.57. The number of anilines is 2. The highest BCUT2D eigenvalue weighted by Gasteiger charge is 2.39. The highest BCUT2D eigenvalue weighted by Crippen LogP contribution is 2.50. The van der Waals surface area contributed by atoms with E-state index in [2.05, 4.69) is 5.32 Å². The number of benzene rings is 3. The normalized spacial score (nSPS) is 17.4. The number of nitrogens with zero attached hydrogens (tertiary/aromatic N) is 3. The Morgan fingerprint density at radius 2 is 1.73 bits per heavy atom. The molecule has 3 aromatic rings. The second-order valence-corrected chi connectivity index (χ2v) is 11.2. The Bertz CT molecular complexity index is 1570. The van der Waals surface area contributed by atoms with Crippen molar-refractivity contribution in [3.05, 3.63) is 93.4 Å². The lowest BCUT2D eigenvalue weighted by molar-refractivity contribution is -0.122. The zero-order valence-electron chi connectivity index (χ0n) is 22.6. The zero-order chi connectivity index (χ0) is 28.4. The SMILES string of the molecule is CCNc1ccc(C(C)=O)cc1/N=C1/S/C(=C2\Sc3ccccc3N2C)C(=O)N1Cc1ccc(C(=O)OC)cc1. The largest absolute Gasteiger partial charge is 0.465 e. The van der Waals surface area contributed by atoms with Crippen molar-refractivity contribution in [2.24, 2.45) is 4.99 Å². The summed E-state index contributed by atoms with van der Waals surface area (Å²) in [5.41, 5.74) is 4.21. The fourth-order valence-electron chi connectivity index (χ4n) is 4.39. The number of esters is 1. The Hall–Kier alpha value is -4.02. The van der Waals surface area contributed by atoms with Gasteiger partial charge in [-0.3, -0.25) is 14.5 Å². The number of thioether (sulfide) groups is 2. The van der Waals surface area contributed by atoms with Gasteiger partial charge in [0.15, 0.2) is 11.0 Å². The molecule has 0 bridgehead atoms. The molecule has 1 fully saturated rings. The van der Waals surface area contributed by atoms with Crippen molar-refractivity contribution >= 4 is 63.4 Å². The van der Waals surface area contributed by atoms with Crippen LogP contribution >= 0.6 is 23.5 Å². The Labute approximate surface area is 241 Å². The first-order valence-corrected chi connectivity index (χ1v) is 14.3. The number of carbonyl (C=O) groups is 3. The first-order valence-electron chi connectivity index (χ1n) is 12.7. The molecule has 204 valence electrons. The summed E-state index contributed by atoms with van der Waals surface area (Å²) in [5.74, 6) is -0.641. The van der Waals surface area contributed by atoms with Gasteiger partial charge < -0.3 is 15.0 Å². The Kier molecular flexibility index (Phi) is 7.99. The standard InChI is InChI=1S/C30H28N4O4S2/c1-5-31-22-15-14-21(18(2)35)16-23(22)32-30-34(17-19-10-12-20(13-11-19)29(37)38-4)27(36)26(40-30)28-33(3)24-8-6-7-9-25(24)39-28/h6-16,31H,5,17H2,1-4H3/b28-26-,32-30+. The van der Waals surface area contributed by atoms with Crippen molar-refractivity contribution in [1.82, 2.24) is 4.90 Å². The third kappa shape index (κ3) is 5.37. The van der Waals surface area contributed by atoms with Gasteiger partial charge in [-0.05, 0) is 73.6 Å². The average molecular weight is 573 g/mol. The smallest absolute Gasteiger partial charge is 0.337 e. The number of amides is 1. The van der Waals surface area contributed by atoms with E-state index in [1.54, 1.807) is 53.1 Å². The lowest BCUT2D eigenvalue weighted by Gasteiger charge is -2.17. The number of hydrogen-bond acceptors (Lipinski definition) is 9. The van der Waals surface area contributed by atoms with E-state index in [0.717, 1.165) is 26.9 Å². The Morgan fingerprint density at radius 3 is 2.40 bits per heavy atom. The molecule has 1 saturated heterocycles. The molecule has 2 aliphatic heterocycles. The van der Waals surface area contributed by atoms with E-state index in [0.29, 0.717) is 33.4 Å². The number of fused-ring (bicyclic) bond motifs is 1. The van der Waals surface area contributed by atoms with Crippen molar-refractivity contribution in [3.8, 4) is 0 Å². The molecule has 0 aromatic heterocycles. The maximum atomic E-state index is 14.0. The van der Waals surface area contributed by atoms with E-state index in [4.69, 9.17) is 9.73 Å². The third-order valence-electron chi connectivity index (χ3n) is 6.50. The third-order valence-corrected chi connectivity index (χ3v) is 8.93. The van der Waals surface area contributed by atoms with Gasteiger partial charge in [0.1, 0.15) is 4.91 Å². The number of carbonyl (C=O) groups excluding carboxylic acids is 3. The monoisotopic (exact) mass is 572 g/mol. The van der Waals surface area contributed by atoms with Crippen LogP contribution in [0.1, 0.15) is 40.1 Å². The zero-order valence-corrected chi connectivity index (χ0v) is 24.2. The van der Waals surface area contributed by atoms with Crippen LogP contribution in [0.25, 0.3) is 0 Å². The van der Waals surface area contributed by atoms with Gasteiger partial charge in [0.2, 0.25) is 0 Å². The number of para-hydroxylation sites is 1. The van der Waals surface area contributed by atoms with E-state index in [-0.39, 0.29) is 18.2 Å². The lowest BCUT2D eigenvalue weighted by Crippen LogP contribution is -2.29. The molecule has 0 aliphatic carbocycles. The quantitative estimate of drug-likeness (QED) is 0.201. The summed E-state index contributed by atoms with van der Waals surface area (Å²) >= 11 is 2.88.